The molecule has 0 radical (unpaired) electrons. The standard InChI is InChI=1S/C16H26N2O4/c1-10(18-11(15(21)22)6-4-5-7-17)14-12(19)8-16(2,3)9-13(14)20/h11,19H,4-9,17H2,1-3H3,(H,21,22). The SMILES string of the molecule is CC(=NC(CCCCN)C(=O)O)C1=C(O)CC(C)(C)CC1=O. The molecule has 124 valence electrons. The fourth-order valence-electron chi connectivity index (χ4n) is 2.72. The number of aliphatic imine (C=N–C) groups is 1. The molecule has 0 spiro atoms. The number of nitrogens with two attached hydrogens (primary N) is 1. The molecule has 0 saturated carbocycles. The molecule has 0 saturated heterocycles. The highest BCUT2D eigenvalue weighted by molar-refractivity contribution is 6.22. The number of hydrogen-bond acceptors (Lipinski definition) is 5. The van der Waals surface area contributed by atoms with Crippen LogP contribution in [0, 0.1) is 5.41 Å². The van der Waals surface area contributed by atoms with Gasteiger partial charge in [-0.25, -0.2) is 4.79 Å². The lowest BCUT2D eigenvalue weighted by molar-refractivity contribution is -0.138. The van der Waals surface area contributed by atoms with Gasteiger partial charge in [0.25, 0.3) is 0 Å². The minimum atomic E-state index is -1.03. The normalized spacial score (nSPS) is 20.2. The van der Waals surface area contributed by atoms with E-state index >= 15 is 0 Å². The fraction of sp³-hybridized carbons (Fsp3) is 0.688. The Balaban J connectivity index is 2.98. The van der Waals surface area contributed by atoms with Gasteiger partial charge in [-0.3, -0.25) is 9.79 Å². The van der Waals surface area contributed by atoms with Gasteiger partial charge in [-0.05, 0) is 38.1 Å². The molecule has 4 N–H and O–H groups in total. The van der Waals surface area contributed by atoms with Gasteiger partial charge < -0.3 is 15.9 Å². The Morgan fingerprint density at radius 1 is 1.36 bits per heavy atom. The van der Waals surface area contributed by atoms with Gasteiger partial charge in [0, 0.05) is 18.6 Å². The van der Waals surface area contributed by atoms with Crippen LogP contribution < -0.4 is 5.73 Å². The van der Waals surface area contributed by atoms with Crippen LogP contribution in [0.3, 0.4) is 0 Å². The van der Waals surface area contributed by atoms with E-state index in [4.69, 9.17) is 5.73 Å². The highest BCUT2D eigenvalue weighted by Crippen LogP contribution is 2.36. The predicted molar refractivity (Wildman–Crippen MR) is 85.1 cm³/mol. The average molecular weight is 310 g/mol. The second-order valence-corrected chi connectivity index (χ2v) is 6.62. The molecule has 1 aliphatic carbocycles. The number of nitrogens with zero attached hydrogens (tertiary/aromatic N) is 1. The van der Waals surface area contributed by atoms with E-state index in [1.165, 1.54) is 0 Å². The molecule has 0 aliphatic heterocycles. The van der Waals surface area contributed by atoms with E-state index in [1.54, 1.807) is 6.92 Å². The Morgan fingerprint density at radius 3 is 2.50 bits per heavy atom. The Labute approximate surface area is 131 Å². The Hall–Kier alpha value is -1.69. The summed E-state index contributed by atoms with van der Waals surface area (Å²) in [7, 11) is 0. The molecular formula is C16H26N2O4. The molecule has 22 heavy (non-hydrogen) atoms. The zero-order valence-electron chi connectivity index (χ0n) is 13.6. The van der Waals surface area contributed by atoms with E-state index in [2.05, 4.69) is 4.99 Å². The summed E-state index contributed by atoms with van der Waals surface area (Å²) in [5.41, 5.74) is 5.61. The molecule has 0 amide bonds. The van der Waals surface area contributed by atoms with Gasteiger partial charge in [-0.15, -0.1) is 0 Å². The van der Waals surface area contributed by atoms with E-state index in [9.17, 15) is 19.8 Å². The maximum absolute atomic E-state index is 12.2. The van der Waals surface area contributed by atoms with Gasteiger partial charge in [0.05, 0.1) is 5.57 Å². The first-order chi connectivity index (χ1) is 10.2. The number of hydrogen-bond donors (Lipinski definition) is 3. The van der Waals surface area contributed by atoms with Crippen molar-refractivity contribution < 1.29 is 19.8 Å². The van der Waals surface area contributed by atoms with Crippen LogP contribution in [0.4, 0.5) is 0 Å². The fourth-order valence-corrected chi connectivity index (χ4v) is 2.72. The highest BCUT2D eigenvalue weighted by Gasteiger charge is 2.34. The third kappa shape index (κ3) is 4.94. The average Bonchev–Trinajstić information content (AvgIpc) is 2.34. The summed E-state index contributed by atoms with van der Waals surface area (Å²) >= 11 is 0. The van der Waals surface area contributed by atoms with Crippen molar-refractivity contribution in [1.29, 1.82) is 0 Å². The number of aliphatic hydroxyl groups is 1. The van der Waals surface area contributed by atoms with E-state index < -0.39 is 12.0 Å². The summed E-state index contributed by atoms with van der Waals surface area (Å²) in [6.07, 6.45) is 2.49. The molecule has 0 aromatic carbocycles. The predicted octanol–water partition coefficient (Wildman–Crippen LogP) is 2.23. The zero-order valence-corrected chi connectivity index (χ0v) is 13.6. The number of carboxylic acids is 1. The molecule has 0 bridgehead atoms. The van der Waals surface area contributed by atoms with Crippen LogP contribution in [0.15, 0.2) is 16.3 Å². The van der Waals surface area contributed by atoms with Gasteiger partial charge >= 0.3 is 5.97 Å². The third-order valence-electron chi connectivity index (χ3n) is 3.78. The van der Waals surface area contributed by atoms with E-state index in [0.29, 0.717) is 37.9 Å². The smallest absolute Gasteiger partial charge is 0.328 e. The van der Waals surface area contributed by atoms with Crippen LogP contribution in [0.25, 0.3) is 0 Å². The summed E-state index contributed by atoms with van der Waals surface area (Å²) < 4.78 is 0. The first-order valence-corrected chi connectivity index (χ1v) is 7.61. The van der Waals surface area contributed by atoms with Crippen LogP contribution in [0.5, 0.6) is 0 Å². The zero-order chi connectivity index (χ0) is 16.9. The Morgan fingerprint density at radius 2 is 2.00 bits per heavy atom. The van der Waals surface area contributed by atoms with Crippen LogP contribution in [0.1, 0.15) is 52.9 Å². The van der Waals surface area contributed by atoms with Gasteiger partial charge in [-0.1, -0.05) is 13.8 Å². The molecule has 0 aromatic rings. The van der Waals surface area contributed by atoms with Crippen molar-refractivity contribution in [1.82, 2.24) is 0 Å². The first-order valence-electron chi connectivity index (χ1n) is 7.61. The number of rotatable bonds is 7. The van der Waals surface area contributed by atoms with Crippen molar-refractivity contribution in [3.63, 3.8) is 0 Å². The number of Topliss-reactive ketones (excluding diaryl/α,β-unsaturated/α-hetero) is 1. The van der Waals surface area contributed by atoms with Gasteiger partial charge in [-0.2, -0.15) is 0 Å². The minimum Gasteiger partial charge on any atom is -0.511 e. The molecule has 1 aliphatic rings. The molecule has 0 fully saturated rings. The van der Waals surface area contributed by atoms with E-state index in [1.807, 2.05) is 13.8 Å². The van der Waals surface area contributed by atoms with E-state index in [-0.39, 0.29) is 22.5 Å². The largest absolute Gasteiger partial charge is 0.511 e. The van der Waals surface area contributed by atoms with Crippen LogP contribution in [-0.2, 0) is 9.59 Å². The topological polar surface area (TPSA) is 113 Å². The summed E-state index contributed by atoms with van der Waals surface area (Å²) in [6.45, 7) is 5.92. The van der Waals surface area contributed by atoms with Crippen molar-refractivity contribution in [3.8, 4) is 0 Å². The molecular weight excluding hydrogens is 284 g/mol. The van der Waals surface area contributed by atoms with Crippen LogP contribution in [0.2, 0.25) is 0 Å². The number of carbonyl (C=O) groups is 2. The number of aliphatic hydroxyl groups excluding tert-OH is 1. The molecule has 6 nitrogen and oxygen atoms in total. The summed E-state index contributed by atoms with van der Waals surface area (Å²) in [5, 5.41) is 19.4. The van der Waals surface area contributed by atoms with Crippen LogP contribution >= 0.6 is 0 Å². The maximum atomic E-state index is 12.2. The lowest BCUT2D eigenvalue weighted by atomic mass is 9.75. The highest BCUT2D eigenvalue weighted by atomic mass is 16.4. The number of aliphatic carboxylic acids is 1. The second kappa shape index (κ2) is 7.54. The van der Waals surface area contributed by atoms with Crippen molar-refractivity contribution in [2.75, 3.05) is 6.54 Å². The molecule has 1 unspecified atom stereocenters. The number of carboxylic acid groups (broad SMARTS) is 1. The van der Waals surface area contributed by atoms with Crippen molar-refractivity contribution in [3.05, 3.63) is 11.3 Å². The maximum Gasteiger partial charge on any atom is 0.328 e. The lowest BCUT2D eigenvalue weighted by Gasteiger charge is -2.29. The molecule has 6 heteroatoms. The minimum absolute atomic E-state index is 0.00796. The van der Waals surface area contributed by atoms with Crippen molar-refractivity contribution in [2.24, 2.45) is 16.1 Å². The van der Waals surface area contributed by atoms with Gasteiger partial charge in [0.1, 0.15) is 11.8 Å². The van der Waals surface area contributed by atoms with Crippen molar-refractivity contribution >= 4 is 17.5 Å². The Kier molecular flexibility index (Phi) is 6.29. The Bertz CT molecular complexity index is 506. The summed E-state index contributed by atoms with van der Waals surface area (Å²) in [6, 6.07) is -0.908. The number of allylic oxidation sites excluding steroid dienone is 2. The quantitative estimate of drug-likeness (QED) is 0.493. The number of carbonyl (C=O) groups excluding carboxylic acids is 1. The molecule has 0 heterocycles. The molecule has 1 rings (SSSR count). The monoisotopic (exact) mass is 310 g/mol. The van der Waals surface area contributed by atoms with Crippen molar-refractivity contribution in [2.45, 2.75) is 58.9 Å². The molecule has 0 aromatic heterocycles. The number of ketones is 1. The third-order valence-corrected chi connectivity index (χ3v) is 3.78. The van der Waals surface area contributed by atoms with E-state index in [0.717, 1.165) is 6.42 Å². The summed E-state index contributed by atoms with van der Waals surface area (Å²) in [4.78, 5) is 27.6. The lowest BCUT2D eigenvalue weighted by Crippen LogP contribution is -2.29. The number of unbranched alkanes of at least 4 members (excludes halogenated alkanes) is 1. The van der Waals surface area contributed by atoms with Gasteiger partial charge in [0.2, 0.25) is 0 Å². The van der Waals surface area contributed by atoms with Gasteiger partial charge in [0.15, 0.2) is 5.78 Å². The molecule has 1 atom stereocenters. The second-order valence-electron chi connectivity index (χ2n) is 6.62. The summed E-state index contributed by atoms with van der Waals surface area (Å²) in [5.74, 6) is -1.20. The first kappa shape index (κ1) is 18.4. The van der Waals surface area contributed by atoms with Crippen LogP contribution in [-0.4, -0.2) is 40.3 Å².